The summed E-state index contributed by atoms with van der Waals surface area (Å²) in [5.74, 6) is -1.87. The van der Waals surface area contributed by atoms with Gasteiger partial charge in [0, 0.05) is 18.2 Å². The first-order chi connectivity index (χ1) is 20.4. The van der Waals surface area contributed by atoms with E-state index in [4.69, 9.17) is 9.47 Å². The molecule has 2 heterocycles. The Bertz CT molecular complexity index is 1760. The molecule has 2 aromatic carbocycles. The molecule has 2 N–H and O–H groups in total. The Labute approximate surface area is 247 Å². The average molecular weight is 590 g/mol. The van der Waals surface area contributed by atoms with E-state index in [1.807, 2.05) is 39.8 Å². The summed E-state index contributed by atoms with van der Waals surface area (Å²) in [7, 11) is 1.34. The summed E-state index contributed by atoms with van der Waals surface area (Å²) >= 11 is 0. The zero-order valence-corrected chi connectivity index (χ0v) is 24.7. The molecule has 0 saturated heterocycles. The Hall–Kier alpha value is -4.80. The Morgan fingerprint density at radius 3 is 2.60 bits per heavy atom. The number of carbonyl (C=O) groups is 2. The summed E-state index contributed by atoms with van der Waals surface area (Å²) in [6.45, 7) is 12.0. The Morgan fingerprint density at radius 1 is 1.12 bits per heavy atom. The molecular weight excluding hydrogens is 556 g/mol. The normalized spacial score (nSPS) is 14.3. The van der Waals surface area contributed by atoms with Crippen molar-refractivity contribution in [1.82, 2.24) is 25.2 Å². The van der Waals surface area contributed by atoms with Crippen molar-refractivity contribution in [2.24, 2.45) is 0 Å². The first-order valence-corrected chi connectivity index (χ1v) is 13.8. The number of amides is 2. The summed E-state index contributed by atoms with van der Waals surface area (Å²) < 4.78 is 40.4. The molecule has 4 aromatic rings. The largest absolute Gasteiger partial charge is 0.494 e. The standard InChI is InChI=1S/C32H33F2N5O4/c1-17-20(18(2)43-32(3,4)5)8-9-22-21(17)10-12-25(22)38-31(41)27-14-26(37-29-24(34)16-36-39(27)29)30(40)35-15-19-7-11-23(33)28(13-19)42-6/h7-9,11,13-14,16,25H,2,10,12,15H2,1,3-6H3,(H,35,40)(H,38,41)/t25-/m0/s1. The molecule has 1 aliphatic rings. The molecule has 224 valence electrons. The minimum absolute atomic E-state index is 0.0268. The van der Waals surface area contributed by atoms with Crippen LogP contribution in [0.25, 0.3) is 11.4 Å². The molecule has 2 aromatic heterocycles. The number of hydrogen-bond acceptors (Lipinski definition) is 6. The van der Waals surface area contributed by atoms with Gasteiger partial charge in [-0.3, -0.25) is 9.59 Å². The lowest BCUT2D eigenvalue weighted by molar-refractivity contribution is 0.0927. The molecule has 1 aliphatic carbocycles. The third kappa shape index (κ3) is 6.06. The summed E-state index contributed by atoms with van der Waals surface area (Å²) in [5, 5.41) is 9.66. The van der Waals surface area contributed by atoms with Crippen LogP contribution >= 0.6 is 0 Å². The molecule has 0 saturated carbocycles. The number of benzene rings is 2. The Kier molecular flexibility index (Phi) is 7.92. The number of carbonyl (C=O) groups excluding carboxylic acids is 2. The van der Waals surface area contributed by atoms with Gasteiger partial charge in [-0.05, 0) is 74.9 Å². The van der Waals surface area contributed by atoms with Crippen LogP contribution in [0.15, 0.2) is 49.2 Å². The number of nitrogens with one attached hydrogen (secondary N) is 2. The van der Waals surface area contributed by atoms with E-state index in [2.05, 4.69) is 27.3 Å². The van der Waals surface area contributed by atoms with Crippen LogP contribution in [-0.2, 0) is 17.7 Å². The fourth-order valence-electron chi connectivity index (χ4n) is 5.29. The lowest BCUT2D eigenvalue weighted by Crippen LogP contribution is -2.30. The van der Waals surface area contributed by atoms with E-state index in [-0.39, 0.29) is 41.0 Å². The van der Waals surface area contributed by atoms with Crippen molar-refractivity contribution in [2.75, 3.05) is 7.11 Å². The molecule has 5 rings (SSSR count). The molecule has 1 atom stereocenters. The van der Waals surface area contributed by atoms with E-state index in [9.17, 15) is 18.4 Å². The van der Waals surface area contributed by atoms with Gasteiger partial charge in [0.15, 0.2) is 23.0 Å². The number of methoxy groups -OCH3 is 1. The molecule has 2 amide bonds. The van der Waals surface area contributed by atoms with Crippen LogP contribution in [-0.4, -0.2) is 39.1 Å². The number of rotatable bonds is 8. The van der Waals surface area contributed by atoms with Gasteiger partial charge in [0.1, 0.15) is 22.7 Å². The topological polar surface area (TPSA) is 107 Å². The molecular formula is C32H33F2N5O4. The van der Waals surface area contributed by atoms with Crippen LogP contribution in [0.4, 0.5) is 8.78 Å². The van der Waals surface area contributed by atoms with Gasteiger partial charge in [-0.15, -0.1) is 0 Å². The van der Waals surface area contributed by atoms with Crippen LogP contribution in [0.2, 0.25) is 0 Å². The van der Waals surface area contributed by atoms with E-state index in [1.165, 1.54) is 31.4 Å². The van der Waals surface area contributed by atoms with Crippen molar-refractivity contribution < 1.29 is 27.8 Å². The molecule has 43 heavy (non-hydrogen) atoms. The van der Waals surface area contributed by atoms with Crippen LogP contribution < -0.4 is 15.4 Å². The second-order valence-corrected chi connectivity index (χ2v) is 11.4. The van der Waals surface area contributed by atoms with Crippen molar-refractivity contribution >= 4 is 23.2 Å². The lowest BCUT2D eigenvalue weighted by Gasteiger charge is -2.24. The summed E-state index contributed by atoms with van der Waals surface area (Å²) in [5.41, 5.74) is 3.77. The van der Waals surface area contributed by atoms with Gasteiger partial charge >= 0.3 is 0 Å². The maximum atomic E-state index is 14.6. The van der Waals surface area contributed by atoms with Crippen LogP contribution in [0.5, 0.6) is 5.75 Å². The predicted octanol–water partition coefficient (Wildman–Crippen LogP) is 5.46. The van der Waals surface area contributed by atoms with Gasteiger partial charge in [-0.1, -0.05) is 24.8 Å². The second kappa shape index (κ2) is 11.5. The summed E-state index contributed by atoms with van der Waals surface area (Å²) in [4.78, 5) is 30.7. The highest BCUT2D eigenvalue weighted by molar-refractivity contribution is 5.98. The van der Waals surface area contributed by atoms with Crippen molar-refractivity contribution in [3.8, 4) is 5.75 Å². The molecule has 0 spiro atoms. The fourth-order valence-corrected chi connectivity index (χ4v) is 5.29. The van der Waals surface area contributed by atoms with E-state index >= 15 is 0 Å². The van der Waals surface area contributed by atoms with E-state index in [0.29, 0.717) is 17.7 Å². The zero-order valence-electron chi connectivity index (χ0n) is 24.7. The van der Waals surface area contributed by atoms with Crippen molar-refractivity contribution in [3.05, 3.63) is 100 Å². The van der Waals surface area contributed by atoms with Gasteiger partial charge in [0.25, 0.3) is 11.8 Å². The number of hydrogen-bond donors (Lipinski definition) is 2. The maximum Gasteiger partial charge on any atom is 0.270 e. The minimum atomic E-state index is -0.779. The highest BCUT2D eigenvalue weighted by Crippen LogP contribution is 2.37. The first kappa shape index (κ1) is 29.7. The van der Waals surface area contributed by atoms with Crippen molar-refractivity contribution in [2.45, 2.75) is 58.7 Å². The highest BCUT2D eigenvalue weighted by atomic mass is 19.1. The molecule has 0 fully saturated rings. The smallest absolute Gasteiger partial charge is 0.270 e. The maximum absolute atomic E-state index is 14.6. The Balaban J connectivity index is 1.37. The number of aromatic nitrogens is 3. The lowest BCUT2D eigenvalue weighted by atomic mass is 9.97. The highest BCUT2D eigenvalue weighted by Gasteiger charge is 2.29. The number of nitrogens with zero attached hydrogens (tertiary/aromatic N) is 3. The van der Waals surface area contributed by atoms with Crippen LogP contribution in [0.3, 0.4) is 0 Å². The quantitative estimate of drug-likeness (QED) is 0.265. The van der Waals surface area contributed by atoms with Gasteiger partial charge in [0.2, 0.25) is 0 Å². The van der Waals surface area contributed by atoms with Crippen molar-refractivity contribution in [1.29, 1.82) is 0 Å². The van der Waals surface area contributed by atoms with Crippen LogP contribution in [0.1, 0.15) is 82.0 Å². The monoisotopic (exact) mass is 589 g/mol. The fraction of sp³-hybridized carbons (Fsp3) is 0.312. The molecule has 0 bridgehead atoms. The Morgan fingerprint density at radius 2 is 1.88 bits per heavy atom. The molecule has 0 unspecified atom stereocenters. The molecule has 0 aliphatic heterocycles. The zero-order chi connectivity index (χ0) is 31.1. The van der Waals surface area contributed by atoms with Crippen LogP contribution in [0, 0.1) is 18.6 Å². The third-order valence-corrected chi connectivity index (χ3v) is 7.29. The van der Waals surface area contributed by atoms with E-state index in [1.54, 1.807) is 0 Å². The number of fused-ring (bicyclic) bond motifs is 2. The summed E-state index contributed by atoms with van der Waals surface area (Å²) in [6, 6.07) is 9.06. The minimum Gasteiger partial charge on any atom is -0.494 e. The first-order valence-electron chi connectivity index (χ1n) is 13.8. The third-order valence-electron chi connectivity index (χ3n) is 7.29. The van der Waals surface area contributed by atoms with Gasteiger partial charge in [0.05, 0.1) is 19.3 Å². The number of ether oxygens (including phenoxy) is 2. The molecule has 9 nitrogen and oxygen atoms in total. The molecule has 11 heteroatoms. The van der Waals surface area contributed by atoms with E-state index < -0.39 is 23.4 Å². The average Bonchev–Trinajstić information content (AvgIpc) is 3.54. The van der Waals surface area contributed by atoms with Gasteiger partial charge < -0.3 is 20.1 Å². The number of halogens is 2. The van der Waals surface area contributed by atoms with Gasteiger partial charge in [-0.25, -0.2) is 18.3 Å². The van der Waals surface area contributed by atoms with Crippen molar-refractivity contribution in [3.63, 3.8) is 0 Å². The predicted molar refractivity (Wildman–Crippen MR) is 157 cm³/mol. The summed E-state index contributed by atoms with van der Waals surface area (Å²) in [6.07, 6.45) is 2.34. The van der Waals surface area contributed by atoms with Gasteiger partial charge in [-0.2, -0.15) is 5.10 Å². The molecule has 0 radical (unpaired) electrons. The van der Waals surface area contributed by atoms with E-state index in [0.717, 1.165) is 39.4 Å². The SMILES string of the molecule is C=C(OC(C)(C)C)c1ccc2c(c1C)CC[C@@H]2NC(=O)c1cc(C(=O)NCc2ccc(F)c(OC)c2)nc2c(F)cnn12. The second-order valence-electron chi connectivity index (χ2n) is 11.4.